The van der Waals surface area contributed by atoms with E-state index in [1.54, 1.807) is 6.92 Å². The maximum Gasteiger partial charge on any atom is 0.414 e. The Morgan fingerprint density at radius 1 is 1.27 bits per heavy atom. The van der Waals surface area contributed by atoms with Crippen molar-refractivity contribution in [1.29, 1.82) is 0 Å². The summed E-state index contributed by atoms with van der Waals surface area (Å²) in [6.45, 7) is 1.25. The first-order chi connectivity index (χ1) is 14.0. The van der Waals surface area contributed by atoms with E-state index in [0.717, 1.165) is 5.56 Å². The van der Waals surface area contributed by atoms with Crippen LogP contribution in [-0.4, -0.2) is 54.3 Å². The van der Waals surface area contributed by atoms with E-state index < -0.39 is 64.1 Å². The molecule has 1 heterocycles. The average molecular weight is 443 g/mol. The third-order valence-electron chi connectivity index (χ3n) is 3.71. The summed E-state index contributed by atoms with van der Waals surface area (Å²) in [5, 5.41) is 33.6. The van der Waals surface area contributed by atoms with Crippen LogP contribution in [0.15, 0.2) is 38.8 Å². The molecular formula is C16H17N3O10S. The zero-order chi connectivity index (χ0) is 22.5. The zero-order valence-corrected chi connectivity index (χ0v) is 16.3. The zero-order valence-electron chi connectivity index (χ0n) is 15.5. The van der Waals surface area contributed by atoms with Crippen LogP contribution in [-0.2, 0) is 24.2 Å². The Labute approximate surface area is 169 Å². The lowest BCUT2D eigenvalue weighted by molar-refractivity contribution is -0.832. The number of rotatable bonds is 10. The first-order valence-corrected chi connectivity index (χ1v) is 9.79. The van der Waals surface area contributed by atoms with Gasteiger partial charge in [0.25, 0.3) is 9.84 Å². The van der Waals surface area contributed by atoms with Crippen LogP contribution >= 0.6 is 0 Å². The van der Waals surface area contributed by atoms with Gasteiger partial charge in [0.2, 0.25) is 5.91 Å². The van der Waals surface area contributed by atoms with E-state index in [4.69, 9.17) is 14.9 Å². The lowest BCUT2D eigenvalue weighted by Gasteiger charge is -2.12. The molecule has 2 aromatic rings. The van der Waals surface area contributed by atoms with Crippen molar-refractivity contribution >= 4 is 27.7 Å². The predicted molar refractivity (Wildman–Crippen MR) is 94.0 cm³/mol. The molecule has 1 aromatic carbocycles. The maximum atomic E-state index is 12.7. The predicted octanol–water partition coefficient (Wildman–Crippen LogP) is -0.738. The van der Waals surface area contributed by atoms with Crippen molar-refractivity contribution in [3.63, 3.8) is 0 Å². The second-order valence-corrected chi connectivity index (χ2v) is 7.88. The number of sulfone groups is 1. The average Bonchev–Trinajstić information content (AvgIpc) is 3.02. The number of hydrogen-bond donors (Lipinski definition) is 3. The van der Waals surface area contributed by atoms with Crippen LogP contribution < -0.4 is 15.0 Å². The topological polar surface area (TPSA) is 200 Å². The minimum absolute atomic E-state index is 0.207. The van der Waals surface area contributed by atoms with Crippen molar-refractivity contribution in [3.05, 3.63) is 35.0 Å². The van der Waals surface area contributed by atoms with Crippen molar-refractivity contribution in [2.24, 2.45) is 0 Å². The number of nitrogens with zero attached hydrogens (tertiary/aromatic N) is 2. The molecule has 1 aromatic heterocycles. The number of carboxylic acids is 2. The number of amides is 1. The fourth-order valence-electron chi connectivity index (χ4n) is 2.24. The highest BCUT2D eigenvalue weighted by Crippen LogP contribution is 2.25. The van der Waals surface area contributed by atoms with Gasteiger partial charge in [0.1, 0.15) is 12.6 Å². The number of aliphatic carboxylic acids is 2. The molecule has 0 spiro atoms. The van der Waals surface area contributed by atoms with Crippen LogP contribution in [0.3, 0.4) is 0 Å². The summed E-state index contributed by atoms with van der Waals surface area (Å²) < 4.78 is 34.7. The number of aromatic nitrogens is 2. The number of carboxylic acid groups (broad SMARTS) is 2. The molecule has 1 amide bonds. The highest BCUT2D eigenvalue weighted by molar-refractivity contribution is 7.91. The molecule has 14 heteroatoms. The molecule has 0 aliphatic rings. The van der Waals surface area contributed by atoms with E-state index in [9.17, 15) is 28.0 Å². The quantitative estimate of drug-likeness (QED) is 0.391. The highest BCUT2D eigenvalue weighted by atomic mass is 32.2. The second-order valence-electron chi connectivity index (χ2n) is 6.01. The Balaban J connectivity index is 2.07. The van der Waals surface area contributed by atoms with E-state index in [2.05, 4.69) is 9.79 Å². The van der Waals surface area contributed by atoms with Gasteiger partial charge in [-0.15, -0.1) is 0 Å². The van der Waals surface area contributed by atoms with Crippen molar-refractivity contribution < 1.29 is 47.3 Å². The molecule has 0 radical (unpaired) electrons. The standard InChI is InChI=1S/C16H17N3O10S/c1-9-2-4-10(5-3-9)30(26,27)15-14(18-29-19(15)25)28-7-6-12(20)17-11(16(23)24)8-13(21)22/h2-5,11H,6-8H2,1H3,(H,17,20)(H,21,22)(H,23,24)/t11-/m0/s1. The molecule has 162 valence electrons. The third-order valence-corrected chi connectivity index (χ3v) is 5.44. The summed E-state index contributed by atoms with van der Waals surface area (Å²) in [5.41, 5.74) is 0.791. The number of nitrogens with one attached hydrogen (secondary N) is 1. The van der Waals surface area contributed by atoms with Gasteiger partial charge in [-0.2, -0.15) is 0 Å². The van der Waals surface area contributed by atoms with Crippen LogP contribution in [0.5, 0.6) is 5.88 Å². The molecule has 30 heavy (non-hydrogen) atoms. The van der Waals surface area contributed by atoms with Crippen LogP contribution in [0.2, 0.25) is 0 Å². The van der Waals surface area contributed by atoms with Crippen molar-refractivity contribution in [1.82, 2.24) is 10.5 Å². The Morgan fingerprint density at radius 3 is 2.47 bits per heavy atom. The third kappa shape index (κ3) is 5.44. The number of benzene rings is 1. The second kappa shape index (κ2) is 9.21. The van der Waals surface area contributed by atoms with Crippen molar-refractivity contribution in [2.75, 3.05) is 6.61 Å². The molecule has 0 unspecified atom stereocenters. The van der Waals surface area contributed by atoms with Gasteiger partial charge < -0.3 is 25.5 Å². The summed E-state index contributed by atoms with van der Waals surface area (Å²) in [6, 6.07) is 3.96. The lowest BCUT2D eigenvalue weighted by Crippen LogP contribution is -2.42. The van der Waals surface area contributed by atoms with Gasteiger partial charge in [0.05, 0.1) is 22.9 Å². The minimum Gasteiger partial charge on any atom is -0.481 e. The molecule has 3 N–H and O–H groups in total. The van der Waals surface area contributed by atoms with Gasteiger partial charge in [-0.25, -0.2) is 13.2 Å². The van der Waals surface area contributed by atoms with Crippen LogP contribution in [0, 0.1) is 12.1 Å². The van der Waals surface area contributed by atoms with Crippen LogP contribution in [0.25, 0.3) is 0 Å². The molecule has 0 saturated carbocycles. The SMILES string of the molecule is Cc1ccc(S(=O)(=O)c2c(OCCC(=O)N[C@@H](CC(=O)O)C(=O)O)no[n+]2[O-])cc1. The number of hydrogen-bond acceptors (Lipinski definition) is 9. The van der Waals surface area contributed by atoms with E-state index in [1.807, 2.05) is 5.32 Å². The molecular weight excluding hydrogens is 426 g/mol. The Morgan fingerprint density at radius 2 is 1.90 bits per heavy atom. The van der Waals surface area contributed by atoms with Crippen LogP contribution in [0.1, 0.15) is 18.4 Å². The van der Waals surface area contributed by atoms with Gasteiger partial charge >= 0.3 is 22.8 Å². The maximum absolute atomic E-state index is 12.7. The molecule has 0 fully saturated rings. The summed E-state index contributed by atoms with van der Waals surface area (Å²) in [5.74, 6) is -4.52. The number of ether oxygens (including phenoxy) is 1. The van der Waals surface area contributed by atoms with E-state index >= 15 is 0 Å². The number of carbonyl (C=O) groups excluding carboxylic acids is 1. The highest BCUT2D eigenvalue weighted by Gasteiger charge is 2.36. The van der Waals surface area contributed by atoms with E-state index in [-0.39, 0.29) is 9.80 Å². The summed E-state index contributed by atoms with van der Waals surface area (Å²) in [4.78, 5) is 32.8. The fraction of sp³-hybridized carbons (Fsp3) is 0.312. The Bertz CT molecular complexity index is 1050. The molecule has 0 saturated heterocycles. The molecule has 0 bridgehead atoms. The summed E-state index contributed by atoms with van der Waals surface area (Å²) >= 11 is 0. The van der Waals surface area contributed by atoms with Crippen LogP contribution in [0.4, 0.5) is 0 Å². The molecule has 1 atom stereocenters. The van der Waals surface area contributed by atoms with E-state index in [0.29, 0.717) is 0 Å². The smallest absolute Gasteiger partial charge is 0.414 e. The summed E-state index contributed by atoms with van der Waals surface area (Å²) in [6.07, 6.45) is -1.31. The molecule has 0 aliphatic carbocycles. The van der Waals surface area contributed by atoms with Crippen molar-refractivity contribution in [2.45, 2.75) is 35.7 Å². The summed E-state index contributed by atoms with van der Waals surface area (Å²) in [7, 11) is -4.34. The fourth-order valence-corrected chi connectivity index (χ4v) is 3.51. The van der Waals surface area contributed by atoms with Gasteiger partial charge in [0.15, 0.2) is 0 Å². The van der Waals surface area contributed by atoms with E-state index in [1.165, 1.54) is 24.3 Å². The Kier molecular flexibility index (Phi) is 6.94. The molecule has 0 aliphatic heterocycles. The number of aryl methyl sites for hydroxylation is 1. The number of carbonyl (C=O) groups is 3. The molecule has 13 nitrogen and oxygen atoms in total. The Hall–Kier alpha value is -3.68. The minimum atomic E-state index is -4.34. The van der Waals surface area contributed by atoms with Gasteiger partial charge in [0, 0.05) is 0 Å². The normalized spacial score (nSPS) is 12.2. The van der Waals surface area contributed by atoms with Gasteiger partial charge in [-0.1, -0.05) is 17.7 Å². The monoisotopic (exact) mass is 443 g/mol. The first kappa shape index (κ1) is 22.6. The van der Waals surface area contributed by atoms with Gasteiger partial charge in [-0.3, -0.25) is 14.2 Å². The van der Waals surface area contributed by atoms with Gasteiger partial charge in [-0.05, 0) is 24.0 Å². The largest absolute Gasteiger partial charge is 0.481 e. The first-order valence-electron chi connectivity index (χ1n) is 8.30. The lowest BCUT2D eigenvalue weighted by atomic mass is 10.2. The molecule has 2 rings (SSSR count). The van der Waals surface area contributed by atoms with Crippen molar-refractivity contribution in [3.8, 4) is 5.88 Å².